The van der Waals surface area contributed by atoms with Crippen LogP contribution in [0.5, 0.6) is 11.8 Å². The van der Waals surface area contributed by atoms with Gasteiger partial charge in [0.25, 0.3) is 11.8 Å². The van der Waals surface area contributed by atoms with Gasteiger partial charge in [0.05, 0.1) is 47.4 Å². The zero-order valence-electron chi connectivity index (χ0n) is 17.3. The van der Waals surface area contributed by atoms with Gasteiger partial charge in [0.15, 0.2) is 0 Å². The average molecular weight is 488 g/mol. The lowest BCUT2D eigenvalue weighted by atomic mass is 10.2. The molecule has 0 saturated heterocycles. The van der Waals surface area contributed by atoms with Crippen molar-refractivity contribution < 1.29 is 35.8 Å². The Kier molecular flexibility index (Phi) is 6.52. The molecule has 0 amide bonds. The number of rotatable bonds is 2. The van der Waals surface area contributed by atoms with Gasteiger partial charge in [-0.3, -0.25) is 9.59 Å². The molecule has 4 rings (SSSR count). The predicted molar refractivity (Wildman–Crippen MR) is 108 cm³/mol. The van der Waals surface area contributed by atoms with E-state index in [0.29, 0.717) is 0 Å². The quantitative estimate of drug-likeness (QED) is 0.414. The molecule has 0 unspecified atom stereocenters. The van der Waals surface area contributed by atoms with E-state index in [1.54, 1.807) is 0 Å². The first-order valence-electron chi connectivity index (χ1n) is 9.14. The van der Waals surface area contributed by atoms with Crippen LogP contribution in [0.4, 0.5) is 26.3 Å². The third kappa shape index (κ3) is 5.27. The minimum atomic E-state index is -4.45. The van der Waals surface area contributed by atoms with Gasteiger partial charge in [0, 0.05) is 0 Å². The van der Waals surface area contributed by atoms with Crippen molar-refractivity contribution in [3.63, 3.8) is 0 Å². The zero-order valence-corrected chi connectivity index (χ0v) is 17.3. The summed E-state index contributed by atoms with van der Waals surface area (Å²) in [7, 11) is 2.48. The number of hydrogen-bond donors (Lipinski definition) is 2. The predicted octanol–water partition coefficient (Wildman–Crippen LogP) is 3.90. The summed E-state index contributed by atoms with van der Waals surface area (Å²) < 4.78 is 83.9. The Hall–Kier alpha value is -4.10. The Morgan fingerprint density at radius 2 is 1.15 bits per heavy atom. The van der Waals surface area contributed by atoms with Crippen LogP contribution in [-0.2, 0) is 12.4 Å². The number of H-pyrrole nitrogens is 2. The Balaban J connectivity index is 0.000000191. The SMILES string of the molecule is COc1nc2cc(C(F)(F)F)ccc2[nH]c1=O.COc1nc2ccc(C(F)(F)F)cc2[nH]c1=O. The highest BCUT2D eigenvalue weighted by Gasteiger charge is 2.31. The van der Waals surface area contributed by atoms with Crippen molar-refractivity contribution in [3.8, 4) is 11.8 Å². The van der Waals surface area contributed by atoms with E-state index in [4.69, 9.17) is 0 Å². The molecular weight excluding hydrogens is 474 g/mol. The highest BCUT2D eigenvalue weighted by molar-refractivity contribution is 5.76. The first kappa shape index (κ1) is 24.5. The number of benzene rings is 2. The number of fused-ring (bicyclic) bond motifs is 2. The van der Waals surface area contributed by atoms with E-state index in [9.17, 15) is 35.9 Å². The molecule has 0 saturated carbocycles. The number of hydrogen-bond acceptors (Lipinski definition) is 6. The molecule has 0 spiro atoms. The lowest BCUT2D eigenvalue weighted by molar-refractivity contribution is -0.138. The topological polar surface area (TPSA) is 110 Å². The van der Waals surface area contributed by atoms with Gasteiger partial charge in [-0.05, 0) is 36.4 Å². The molecule has 0 bridgehead atoms. The number of halogens is 6. The van der Waals surface area contributed by atoms with E-state index in [2.05, 4.69) is 29.4 Å². The van der Waals surface area contributed by atoms with Crippen LogP contribution in [0.15, 0.2) is 46.0 Å². The monoisotopic (exact) mass is 488 g/mol. The molecule has 2 N–H and O–H groups in total. The fourth-order valence-electron chi connectivity index (χ4n) is 2.76. The number of nitrogens with zero attached hydrogens (tertiary/aromatic N) is 2. The normalized spacial score (nSPS) is 11.8. The zero-order chi connectivity index (χ0) is 25.3. The maximum Gasteiger partial charge on any atom is 0.416 e. The van der Waals surface area contributed by atoms with Gasteiger partial charge in [0.2, 0.25) is 0 Å². The number of methoxy groups -OCH3 is 2. The molecule has 0 aliphatic rings. The summed E-state index contributed by atoms with van der Waals surface area (Å²) >= 11 is 0. The molecule has 0 radical (unpaired) electrons. The molecule has 0 fully saturated rings. The van der Waals surface area contributed by atoms with Crippen molar-refractivity contribution in [2.75, 3.05) is 14.2 Å². The summed E-state index contributed by atoms with van der Waals surface area (Å²) in [6.07, 6.45) is -8.90. The summed E-state index contributed by atoms with van der Waals surface area (Å²) in [4.78, 5) is 34.7. The smallest absolute Gasteiger partial charge is 0.416 e. The Labute approximate surface area is 185 Å². The first-order chi connectivity index (χ1) is 15.8. The molecule has 0 atom stereocenters. The molecule has 0 aliphatic heterocycles. The number of ether oxygens (including phenoxy) is 2. The average Bonchev–Trinajstić information content (AvgIpc) is 2.76. The van der Waals surface area contributed by atoms with Crippen LogP contribution in [0, 0.1) is 0 Å². The lowest BCUT2D eigenvalue weighted by Crippen LogP contribution is -2.12. The van der Waals surface area contributed by atoms with Gasteiger partial charge in [-0.25, -0.2) is 9.97 Å². The molecule has 8 nitrogen and oxygen atoms in total. The highest BCUT2D eigenvalue weighted by atomic mass is 19.4. The molecule has 2 heterocycles. The van der Waals surface area contributed by atoms with Crippen molar-refractivity contribution in [2.24, 2.45) is 0 Å². The van der Waals surface area contributed by atoms with Crippen molar-refractivity contribution >= 4 is 22.1 Å². The van der Waals surface area contributed by atoms with E-state index in [0.717, 1.165) is 30.3 Å². The number of nitrogens with one attached hydrogen (secondary N) is 2. The standard InChI is InChI=1S/2C10H7F3N2O2/c1-17-9-8(16)14-7-4-5(10(11,12)13)2-3-6(7)15-9;1-17-9-8(16)14-6-3-2-5(10(11,12)13)4-7(6)15-9/h2*2-4H,1H3,(H,14,16). The highest BCUT2D eigenvalue weighted by Crippen LogP contribution is 2.31. The van der Waals surface area contributed by atoms with Crippen LogP contribution in [0.3, 0.4) is 0 Å². The summed E-state index contributed by atoms with van der Waals surface area (Å²) in [5, 5.41) is 0. The van der Waals surface area contributed by atoms with Crippen LogP contribution in [0.25, 0.3) is 22.1 Å². The van der Waals surface area contributed by atoms with Crippen LogP contribution >= 0.6 is 0 Å². The molecule has 14 heteroatoms. The second kappa shape index (κ2) is 9.03. The van der Waals surface area contributed by atoms with Crippen LogP contribution in [0.1, 0.15) is 11.1 Å². The number of alkyl halides is 6. The summed E-state index contributed by atoms with van der Waals surface area (Å²) in [5.41, 5.74) is -2.42. The summed E-state index contributed by atoms with van der Waals surface area (Å²) in [6, 6.07) is 5.80. The van der Waals surface area contributed by atoms with Crippen molar-refractivity contribution in [3.05, 3.63) is 68.2 Å². The van der Waals surface area contributed by atoms with Gasteiger partial charge in [-0.1, -0.05) is 0 Å². The fraction of sp³-hybridized carbons (Fsp3) is 0.200. The largest absolute Gasteiger partial charge is 0.477 e. The maximum atomic E-state index is 12.4. The van der Waals surface area contributed by atoms with E-state index >= 15 is 0 Å². The molecular formula is C20H14F6N4O4. The van der Waals surface area contributed by atoms with Crippen LogP contribution < -0.4 is 20.6 Å². The van der Waals surface area contributed by atoms with Gasteiger partial charge < -0.3 is 19.4 Å². The Bertz CT molecular complexity index is 1460. The molecule has 2 aromatic carbocycles. The van der Waals surface area contributed by atoms with E-state index in [1.165, 1.54) is 20.3 Å². The second-order valence-electron chi connectivity index (χ2n) is 6.61. The molecule has 4 aromatic rings. The second-order valence-corrected chi connectivity index (χ2v) is 6.61. The Morgan fingerprint density at radius 1 is 0.676 bits per heavy atom. The molecule has 2 aromatic heterocycles. The molecule has 34 heavy (non-hydrogen) atoms. The first-order valence-corrected chi connectivity index (χ1v) is 9.14. The maximum absolute atomic E-state index is 12.4. The van der Waals surface area contributed by atoms with Crippen molar-refractivity contribution in [1.82, 2.24) is 19.9 Å². The van der Waals surface area contributed by atoms with Crippen molar-refractivity contribution in [1.29, 1.82) is 0 Å². The minimum Gasteiger partial charge on any atom is -0.477 e. The van der Waals surface area contributed by atoms with E-state index in [1.807, 2.05) is 0 Å². The van der Waals surface area contributed by atoms with E-state index < -0.39 is 34.6 Å². The number of aromatic amines is 2. The lowest BCUT2D eigenvalue weighted by Gasteiger charge is -2.07. The van der Waals surface area contributed by atoms with Gasteiger partial charge in [-0.2, -0.15) is 26.3 Å². The van der Waals surface area contributed by atoms with E-state index in [-0.39, 0.29) is 33.8 Å². The minimum absolute atomic E-state index is 0.0191. The van der Waals surface area contributed by atoms with Gasteiger partial charge in [-0.15, -0.1) is 0 Å². The van der Waals surface area contributed by atoms with Gasteiger partial charge in [0.1, 0.15) is 0 Å². The molecule has 180 valence electrons. The molecule has 0 aliphatic carbocycles. The third-order valence-electron chi connectivity index (χ3n) is 4.36. The fourth-order valence-corrected chi connectivity index (χ4v) is 2.76. The van der Waals surface area contributed by atoms with Gasteiger partial charge >= 0.3 is 23.5 Å². The third-order valence-corrected chi connectivity index (χ3v) is 4.36. The Morgan fingerprint density at radius 3 is 1.68 bits per heavy atom. The number of aromatic nitrogens is 4. The van der Waals surface area contributed by atoms with Crippen molar-refractivity contribution in [2.45, 2.75) is 12.4 Å². The van der Waals surface area contributed by atoms with Crippen LogP contribution in [-0.4, -0.2) is 34.2 Å². The summed E-state index contributed by atoms with van der Waals surface area (Å²) in [6.45, 7) is 0. The van der Waals surface area contributed by atoms with Crippen LogP contribution in [0.2, 0.25) is 0 Å². The summed E-state index contributed by atoms with van der Waals surface area (Å²) in [5.74, 6) is -0.450.